The summed E-state index contributed by atoms with van der Waals surface area (Å²) in [6.45, 7) is 5.44. The maximum atomic E-state index is 13.5. The maximum absolute atomic E-state index is 13.5. The van der Waals surface area contributed by atoms with Crippen molar-refractivity contribution in [3.05, 3.63) is 47.1 Å². The number of aromatic nitrogens is 1. The van der Waals surface area contributed by atoms with Crippen molar-refractivity contribution >= 4 is 5.91 Å². The van der Waals surface area contributed by atoms with Gasteiger partial charge < -0.3 is 14.6 Å². The van der Waals surface area contributed by atoms with Crippen molar-refractivity contribution in [2.24, 2.45) is 0 Å². The second-order valence-corrected chi connectivity index (χ2v) is 4.71. The van der Waals surface area contributed by atoms with Crippen LogP contribution < -0.4 is 10.1 Å². The number of para-hydroxylation sites is 1. The Balaban J connectivity index is 1.93. The lowest BCUT2D eigenvalue weighted by Gasteiger charge is -2.15. The molecule has 2 aromatic rings. The number of aryl methyl sites for hydroxylation is 2. The van der Waals surface area contributed by atoms with E-state index in [1.165, 1.54) is 12.1 Å². The van der Waals surface area contributed by atoms with Gasteiger partial charge in [0.2, 0.25) is 0 Å². The summed E-state index contributed by atoms with van der Waals surface area (Å²) in [4.78, 5) is 12.0. The average molecular weight is 292 g/mol. The fourth-order valence-corrected chi connectivity index (χ4v) is 1.86. The van der Waals surface area contributed by atoms with Gasteiger partial charge in [-0.2, -0.15) is 0 Å². The van der Waals surface area contributed by atoms with Crippen LogP contribution in [0.3, 0.4) is 0 Å². The molecule has 0 saturated heterocycles. The number of amides is 1. The van der Waals surface area contributed by atoms with E-state index in [1.54, 1.807) is 32.9 Å². The molecule has 1 amide bonds. The van der Waals surface area contributed by atoms with E-state index in [1.807, 2.05) is 0 Å². The number of ether oxygens (including phenoxy) is 1. The standard InChI is InChI=1S/C15H17FN2O3/c1-9-12(10(2)21-18-9)8-17-15(19)11(3)20-14-7-5-4-6-13(14)16/h4-7,11H,8H2,1-3H3,(H,17,19). The number of hydrogen-bond donors (Lipinski definition) is 1. The summed E-state index contributed by atoms with van der Waals surface area (Å²) in [6.07, 6.45) is -0.803. The molecule has 0 aliphatic carbocycles. The van der Waals surface area contributed by atoms with Crippen LogP contribution >= 0.6 is 0 Å². The Morgan fingerprint density at radius 2 is 2.14 bits per heavy atom. The highest BCUT2D eigenvalue weighted by molar-refractivity contribution is 5.80. The van der Waals surface area contributed by atoms with Crippen LogP contribution in [-0.4, -0.2) is 17.2 Å². The van der Waals surface area contributed by atoms with E-state index < -0.39 is 11.9 Å². The Labute approximate surface area is 122 Å². The van der Waals surface area contributed by atoms with Crippen LogP contribution in [0.15, 0.2) is 28.8 Å². The number of hydrogen-bond acceptors (Lipinski definition) is 4. The third-order valence-electron chi connectivity index (χ3n) is 3.13. The topological polar surface area (TPSA) is 64.4 Å². The smallest absolute Gasteiger partial charge is 0.261 e. The minimum absolute atomic E-state index is 0.0532. The van der Waals surface area contributed by atoms with Gasteiger partial charge in [-0.1, -0.05) is 17.3 Å². The number of benzene rings is 1. The minimum Gasteiger partial charge on any atom is -0.478 e. The summed E-state index contributed by atoms with van der Waals surface area (Å²) in [6, 6.07) is 5.97. The normalized spacial score (nSPS) is 12.0. The van der Waals surface area contributed by atoms with Gasteiger partial charge in [0.25, 0.3) is 5.91 Å². The Kier molecular flexibility index (Phi) is 4.57. The molecule has 21 heavy (non-hydrogen) atoms. The van der Waals surface area contributed by atoms with Gasteiger partial charge in [-0.25, -0.2) is 4.39 Å². The molecule has 6 heteroatoms. The zero-order valence-corrected chi connectivity index (χ0v) is 12.1. The van der Waals surface area contributed by atoms with Crippen molar-refractivity contribution in [3.8, 4) is 5.75 Å². The molecule has 1 N–H and O–H groups in total. The third kappa shape index (κ3) is 3.59. The highest BCUT2D eigenvalue weighted by Crippen LogP contribution is 2.17. The molecule has 0 saturated carbocycles. The van der Waals surface area contributed by atoms with Gasteiger partial charge in [-0.05, 0) is 32.9 Å². The van der Waals surface area contributed by atoms with Crippen LogP contribution in [0.5, 0.6) is 5.75 Å². The second kappa shape index (κ2) is 6.39. The number of carbonyl (C=O) groups is 1. The van der Waals surface area contributed by atoms with E-state index in [-0.39, 0.29) is 11.7 Å². The Morgan fingerprint density at radius 1 is 1.43 bits per heavy atom. The summed E-state index contributed by atoms with van der Waals surface area (Å²) >= 11 is 0. The zero-order chi connectivity index (χ0) is 15.4. The molecule has 0 bridgehead atoms. The van der Waals surface area contributed by atoms with Gasteiger partial charge in [0, 0.05) is 12.1 Å². The lowest BCUT2D eigenvalue weighted by Crippen LogP contribution is -2.36. The van der Waals surface area contributed by atoms with Crippen LogP contribution in [0.4, 0.5) is 4.39 Å². The molecule has 112 valence electrons. The van der Waals surface area contributed by atoms with E-state index >= 15 is 0 Å². The maximum Gasteiger partial charge on any atom is 0.261 e. The van der Waals surface area contributed by atoms with Gasteiger partial charge in [0.1, 0.15) is 5.76 Å². The van der Waals surface area contributed by atoms with Crippen molar-refractivity contribution in [1.29, 1.82) is 0 Å². The van der Waals surface area contributed by atoms with Crippen LogP contribution in [0.25, 0.3) is 0 Å². The predicted octanol–water partition coefficient (Wildman–Crippen LogP) is 2.51. The van der Waals surface area contributed by atoms with E-state index in [0.29, 0.717) is 12.3 Å². The fraction of sp³-hybridized carbons (Fsp3) is 0.333. The summed E-state index contributed by atoms with van der Waals surface area (Å²) in [5.74, 6) is -0.117. The number of nitrogens with zero attached hydrogens (tertiary/aromatic N) is 1. The van der Waals surface area contributed by atoms with Gasteiger partial charge in [0.15, 0.2) is 17.7 Å². The summed E-state index contributed by atoms with van der Waals surface area (Å²) in [7, 11) is 0. The molecule has 0 fully saturated rings. The summed E-state index contributed by atoms with van der Waals surface area (Å²) < 4.78 is 23.8. The molecule has 2 rings (SSSR count). The number of rotatable bonds is 5. The summed E-state index contributed by atoms with van der Waals surface area (Å²) in [5, 5.41) is 6.53. The molecule has 5 nitrogen and oxygen atoms in total. The number of halogens is 1. The Morgan fingerprint density at radius 3 is 2.76 bits per heavy atom. The first kappa shape index (κ1) is 15.0. The fourth-order valence-electron chi connectivity index (χ4n) is 1.86. The monoisotopic (exact) mass is 292 g/mol. The van der Waals surface area contributed by atoms with Crippen molar-refractivity contribution in [2.45, 2.75) is 33.4 Å². The number of nitrogens with one attached hydrogen (secondary N) is 1. The molecule has 1 atom stereocenters. The molecule has 1 aromatic carbocycles. The molecule has 0 aliphatic rings. The number of carbonyl (C=O) groups excluding carboxylic acids is 1. The lowest BCUT2D eigenvalue weighted by molar-refractivity contribution is -0.127. The van der Waals surface area contributed by atoms with Crippen molar-refractivity contribution in [3.63, 3.8) is 0 Å². The molecule has 0 spiro atoms. The average Bonchev–Trinajstić information content (AvgIpc) is 2.78. The first-order valence-corrected chi connectivity index (χ1v) is 6.59. The third-order valence-corrected chi connectivity index (χ3v) is 3.13. The van der Waals surface area contributed by atoms with E-state index in [2.05, 4.69) is 10.5 Å². The van der Waals surface area contributed by atoms with E-state index in [9.17, 15) is 9.18 Å². The highest BCUT2D eigenvalue weighted by Gasteiger charge is 2.17. The van der Waals surface area contributed by atoms with Crippen molar-refractivity contribution in [1.82, 2.24) is 10.5 Å². The Hall–Kier alpha value is -2.37. The van der Waals surface area contributed by atoms with E-state index in [0.717, 1.165) is 11.3 Å². The van der Waals surface area contributed by atoms with E-state index in [4.69, 9.17) is 9.26 Å². The predicted molar refractivity (Wildman–Crippen MR) is 74.3 cm³/mol. The van der Waals surface area contributed by atoms with Gasteiger partial charge >= 0.3 is 0 Å². The molecular formula is C15H17FN2O3. The second-order valence-electron chi connectivity index (χ2n) is 4.71. The van der Waals surface area contributed by atoms with Gasteiger partial charge in [-0.15, -0.1) is 0 Å². The van der Waals surface area contributed by atoms with Crippen LogP contribution in [-0.2, 0) is 11.3 Å². The Bertz CT molecular complexity index is 620. The first-order chi connectivity index (χ1) is 9.99. The molecule has 1 heterocycles. The highest BCUT2D eigenvalue weighted by atomic mass is 19.1. The quantitative estimate of drug-likeness (QED) is 0.919. The van der Waals surface area contributed by atoms with Crippen LogP contribution in [0.2, 0.25) is 0 Å². The van der Waals surface area contributed by atoms with Gasteiger partial charge in [-0.3, -0.25) is 4.79 Å². The van der Waals surface area contributed by atoms with Crippen LogP contribution in [0.1, 0.15) is 23.9 Å². The minimum atomic E-state index is -0.803. The molecule has 0 radical (unpaired) electrons. The molecule has 1 aromatic heterocycles. The largest absolute Gasteiger partial charge is 0.478 e. The van der Waals surface area contributed by atoms with Crippen LogP contribution in [0, 0.1) is 19.7 Å². The van der Waals surface area contributed by atoms with Crippen molar-refractivity contribution < 1.29 is 18.4 Å². The molecular weight excluding hydrogens is 275 g/mol. The summed E-state index contributed by atoms with van der Waals surface area (Å²) in [5.41, 5.74) is 1.57. The zero-order valence-electron chi connectivity index (χ0n) is 12.1. The first-order valence-electron chi connectivity index (χ1n) is 6.59. The SMILES string of the molecule is Cc1noc(C)c1CNC(=O)C(C)Oc1ccccc1F. The van der Waals surface area contributed by atoms with Crippen molar-refractivity contribution in [2.75, 3.05) is 0 Å². The van der Waals surface area contributed by atoms with Gasteiger partial charge in [0.05, 0.1) is 5.69 Å². The lowest BCUT2D eigenvalue weighted by atomic mass is 10.2. The molecule has 1 unspecified atom stereocenters. The molecule has 0 aliphatic heterocycles.